The van der Waals surface area contributed by atoms with Gasteiger partial charge in [0.1, 0.15) is 5.82 Å². The molecule has 0 aromatic heterocycles. The second-order valence-electron chi connectivity index (χ2n) is 3.32. The summed E-state index contributed by atoms with van der Waals surface area (Å²) in [5.74, 6) is -0.990. The lowest BCUT2D eigenvalue weighted by Crippen LogP contribution is -2.14. The molecule has 1 atom stereocenters. The van der Waals surface area contributed by atoms with Crippen LogP contribution in [0.2, 0.25) is 0 Å². The normalized spacial score (nSPS) is 13.9. The predicted octanol–water partition coefficient (Wildman–Crippen LogP) is 2.23. The van der Waals surface area contributed by atoms with Crippen molar-refractivity contribution in [1.82, 2.24) is 0 Å². The fourth-order valence-electron chi connectivity index (χ4n) is 1.38. The van der Waals surface area contributed by atoms with Crippen molar-refractivity contribution >= 4 is 0 Å². The maximum Gasteiger partial charge on any atom is 0.416 e. The van der Waals surface area contributed by atoms with Gasteiger partial charge in [-0.2, -0.15) is 13.2 Å². The maximum atomic E-state index is 12.7. The van der Waals surface area contributed by atoms with Crippen LogP contribution >= 0.6 is 0 Å². The zero-order valence-electron chi connectivity index (χ0n) is 8.26. The van der Waals surface area contributed by atoms with Crippen molar-refractivity contribution in [3.63, 3.8) is 0 Å². The third-order valence-electron chi connectivity index (χ3n) is 2.12. The Balaban J connectivity index is 3.18. The van der Waals surface area contributed by atoms with Crippen LogP contribution in [-0.4, -0.2) is 11.7 Å². The first kappa shape index (κ1) is 12.9. The fraction of sp³-hybridized carbons (Fsp3) is 0.400. The topological polar surface area (TPSA) is 46.2 Å². The van der Waals surface area contributed by atoms with E-state index in [1.165, 1.54) is 0 Å². The summed E-state index contributed by atoms with van der Waals surface area (Å²) in [6.07, 6.45) is -6.02. The molecule has 0 saturated heterocycles. The molecule has 0 saturated carbocycles. The van der Waals surface area contributed by atoms with Gasteiger partial charge in [-0.3, -0.25) is 0 Å². The number of benzene rings is 1. The standard InChI is InChI=1S/C10H11F4NO/c11-6-1-2-7(9(16)3-4-15)8(5-6)10(12,13)14/h1-2,5,9,16H,3-4,15H2. The smallest absolute Gasteiger partial charge is 0.388 e. The highest BCUT2D eigenvalue weighted by molar-refractivity contribution is 5.32. The van der Waals surface area contributed by atoms with Crippen LogP contribution in [0.3, 0.4) is 0 Å². The molecule has 0 amide bonds. The van der Waals surface area contributed by atoms with E-state index >= 15 is 0 Å². The van der Waals surface area contributed by atoms with Gasteiger partial charge >= 0.3 is 6.18 Å². The average Bonchev–Trinajstić information content (AvgIpc) is 2.16. The second kappa shape index (κ2) is 4.80. The third kappa shape index (κ3) is 2.93. The van der Waals surface area contributed by atoms with Crippen LogP contribution in [0.15, 0.2) is 18.2 Å². The summed E-state index contributed by atoms with van der Waals surface area (Å²) in [6, 6.07) is 2.18. The maximum absolute atomic E-state index is 12.7. The van der Waals surface area contributed by atoms with Gasteiger partial charge in [-0.1, -0.05) is 6.07 Å². The summed E-state index contributed by atoms with van der Waals surface area (Å²) in [7, 11) is 0. The monoisotopic (exact) mass is 237 g/mol. The van der Waals surface area contributed by atoms with E-state index in [1.54, 1.807) is 0 Å². The molecule has 0 aliphatic carbocycles. The van der Waals surface area contributed by atoms with Crippen LogP contribution in [-0.2, 0) is 6.18 Å². The molecule has 0 aliphatic heterocycles. The van der Waals surface area contributed by atoms with Crippen molar-refractivity contribution in [2.75, 3.05) is 6.54 Å². The van der Waals surface area contributed by atoms with Crippen LogP contribution in [0.4, 0.5) is 17.6 Å². The lowest BCUT2D eigenvalue weighted by atomic mass is 9.99. The highest BCUT2D eigenvalue weighted by atomic mass is 19.4. The quantitative estimate of drug-likeness (QED) is 0.792. The van der Waals surface area contributed by atoms with Gasteiger partial charge in [0.2, 0.25) is 0 Å². The summed E-state index contributed by atoms with van der Waals surface area (Å²) in [4.78, 5) is 0. The Morgan fingerprint density at radius 1 is 1.31 bits per heavy atom. The summed E-state index contributed by atoms with van der Waals surface area (Å²) in [6.45, 7) is 0.0514. The zero-order valence-corrected chi connectivity index (χ0v) is 8.26. The molecule has 0 bridgehead atoms. The Morgan fingerprint density at radius 3 is 2.44 bits per heavy atom. The van der Waals surface area contributed by atoms with E-state index in [-0.39, 0.29) is 18.5 Å². The molecule has 16 heavy (non-hydrogen) atoms. The Bertz CT molecular complexity index is 364. The summed E-state index contributed by atoms with van der Waals surface area (Å²) in [5, 5.41) is 9.45. The van der Waals surface area contributed by atoms with Gasteiger partial charge in [0.25, 0.3) is 0 Å². The number of hydrogen-bond acceptors (Lipinski definition) is 2. The first-order valence-electron chi connectivity index (χ1n) is 4.61. The van der Waals surface area contributed by atoms with Crippen LogP contribution in [0.1, 0.15) is 23.7 Å². The van der Waals surface area contributed by atoms with E-state index in [1.807, 2.05) is 0 Å². The molecule has 0 spiro atoms. The predicted molar refractivity (Wildman–Crippen MR) is 50.0 cm³/mol. The molecule has 1 aromatic rings. The van der Waals surface area contributed by atoms with Crippen molar-refractivity contribution in [3.05, 3.63) is 35.1 Å². The van der Waals surface area contributed by atoms with Gasteiger partial charge in [0.15, 0.2) is 0 Å². The van der Waals surface area contributed by atoms with Crippen LogP contribution in [0.25, 0.3) is 0 Å². The lowest BCUT2D eigenvalue weighted by Gasteiger charge is -2.17. The average molecular weight is 237 g/mol. The molecule has 0 radical (unpaired) electrons. The van der Waals surface area contributed by atoms with Crippen molar-refractivity contribution < 1.29 is 22.7 Å². The number of halogens is 4. The first-order chi connectivity index (χ1) is 7.36. The van der Waals surface area contributed by atoms with Gasteiger partial charge < -0.3 is 10.8 Å². The first-order valence-corrected chi connectivity index (χ1v) is 4.61. The van der Waals surface area contributed by atoms with Gasteiger partial charge in [0.05, 0.1) is 11.7 Å². The van der Waals surface area contributed by atoms with E-state index in [9.17, 15) is 22.7 Å². The highest BCUT2D eigenvalue weighted by Gasteiger charge is 2.35. The molecule has 0 heterocycles. The molecule has 0 fully saturated rings. The van der Waals surface area contributed by atoms with Crippen molar-refractivity contribution in [2.45, 2.75) is 18.7 Å². The minimum Gasteiger partial charge on any atom is -0.388 e. The SMILES string of the molecule is NCCC(O)c1ccc(F)cc1C(F)(F)F. The van der Waals surface area contributed by atoms with Crippen molar-refractivity contribution in [2.24, 2.45) is 5.73 Å². The summed E-state index contributed by atoms with van der Waals surface area (Å²) < 4.78 is 50.3. The van der Waals surface area contributed by atoms with Gasteiger partial charge in [0, 0.05) is 0 Å². The minimum atomic E-state index is -4.69. The van der Waals surface area contributed by atoms with Gasteiger partial charge in [-0.15, -0.1) is 0 Å². The second-order valence-corrected chi connectivity index (χ2v) is 3.32. The molecule has 6 heteroatoms. The molecule has 3 N–H and O–H groups in total. The molecular formula is C10H11F4NO. The van der Waals surface area contributed by atoms with E-state index in [2.05, 4.69) is 0 Å². The Hall–Kier alpha value is -1.14. The lowest BCUT2D eigenvalue weighted by molar-refractivity contribution is -0.139. The number of nitrogens with two attached hydrogens (primary N) is 1. The van der Waals surface area contributed by atoms with E-state index in [0.717, 1.165) is 12.1 Å². The summed E-state index contributed by atoms with van der Waals surface area (Å²) >= 11 is 0. The van der Waals surface area contributed by atoms with Crippen LogP contribution in [0, 0.1) is 5.82 Å². The molecular weight excluding hydrogens is 226 g/mol. The van der Waals surface area contributed by atoms with Crippen LogP contribution < -0.4 is 5.73 Å². The van der Waals surface area contributed by atoms with E-state index in [4.69, 9.17) is 5.73 Å². The number of alkyl halides is 3. The van der Waals surface area contributed by atoms with E-state index in [0.29, 0.717) is 6.07 Å². The Morgan fingerprint density at radius 2 is 1.94 bits per heavy atom. The number of rotatable bonds is 3. The minimum absolute atomic E-state index is 0.00525. The highest BCUT2D eigenvalue weighted by Crippen LogP contribution is 2.35. The zero-order chi connectivity index (χ0) is 12.3. The summed E-state index contributed by atoms with van der Waals surface area (Å²) in [5.41, 5.74) is 3.63. The van der Waals surface area contributed by atoms with Crippen molar-refractivity contribution in [3.8, 4) is 0 Å². The number of hydrogen-bond donors (Lipinski definition) is 2. The number of aliphatic hydroxyl groups excluding tert-OH is 1. The molecule has 1 unspecified atom stereocenters. The largest absolute Gasteiger partial charge is 0.416 e. The molecule has 1 aromatic carbocycles. The molecule has 2 nitrogen and oxygen atoms in total. The Kier molecular flexibility index (Phi) is 3.88. The van der Waals surface area contributed by atoms with Crippen molar-refractivity contribution in [1.29, 1.82) is 0 Å². The van der Waals surface area contributed by atoms with Gasteiger partial charge in [-0.05, 0) is 30.7 Å². The molecule has 0 aliphatic rings. The molecule has 90 valence electrons. The molecule has 1 rings (SSSR count). The third-order valence-corrected chi connectivity index (χ3v) is 2.12. The fourth-order valence-corrected chi connectivity index (χ4v) is 1.38. The number of aliphatic hydroxyl groups is 1. The Labute approximate surface area is 89.7 Å². The van der Waals surface area contributed by atoms with E-state index < -0.39 is 23.7 Å². The van der Waals surface area contributed by atoms with Crippen LogP contribution in [0.5, 0.6) is 0 Å². The van der Waals surface area contributed by atoms with Gasteiger partial charge in [-0.25, -0.2) is 4.39 Å².